The third-order valence-electron chi connectivity index (χ3n) is 3.74. The summed E-state index contributed by atoms with van der Waals surface area (Å²) in [6.45, 7) is 8.90. The molecular formula is C18H22. The molecule has 1 aromatic rings. The average molecular weight is 238 g/mol. The van der Waals surface area contributed by atoms with E-state index in [9.17, 15) is 0 Å². The lowest BCUT2D eigenvalue weighted by Crippen LogP contribution is -2.23. The first-order valence-electron chi connectivity index (χ1n) is 6.64. The summed E-state index contributed by atoms with van der Waals surface area (Å²) < 4.78 is 0. The van der Waals surface area contributed by atoms with Crippen molar-refractivity contribution in [2.75, 3.05) is 0 Å². The molecule has 1 aliphatic rings. The minimum atomic E-state index is 0.181. The van der Waals surface area contributed by atoms with Gasteiger partial charge in [0.2, 0.25) is 0 Å². The van der Waals surface area contributed by atoms with E-state index < -0.39 is 0 Å². The molecule has 0 aliphatic heterocycles. The molecule has 18 heavy (non-hydrogen) atoms. The summed E-state index contributed by atoms with van der Waals surface area (Å²) in [5, 5.41) is 0. The Morgan fingerprint density at radius 2 is 2.00 bits per heavy atom. The number of allylic oxidation sites excluding steroid dienone is 6. The van der Waals surface area contributed by atoms with E-state index in [2.05, 4.69) is 82.3 Å². The van der Waals surface area contributed by atoms with Crippen molar-refractivity contribution in [3.63, 3.8) is 0 Å². The van der Waals surface area contributed by atoms with Crippen LogP contribution in [0.15, 0.2) is 54.6 Å². The van der Waals surface area contributed by atoms with E-state index in [0.29, 0.717) is 5.92 Å². The fourth-order valence-electron chi connectivity index (χ4n) is 2.69. The summed E-state index contributed by atoms with van der Waals surface area (Å²) in [5.41, 5.74) is 4.26. The molecule has 0 N–H and O–H groups in total. The van der Waals surface area contributed by atoms with Crippen LogP contribution in [0.1, 0.15) is 31.9 Å². The first-order valence-corrected chi connectivity index (χ1v) is 6.64. The molecule has 2 rings (SSSR count). The van der Waals surface area contributed by atoms with Crippen molar-refractivity contribution < 1.29 is 0 Å². The monoisotopic (exact) mass is 238 g/mol. The van der Waals surface area contributed by atoms with E-state index in [4.69, 9.17) is 0 Å². The molecule has 0 saturated carbocycles. The minimum Gasteiger partial charge on any atom is -0.0832 e. The van der Waals surface area contributed by atoms with Crippen molar-refractivity contribution in [3.05, 3.63) is 65.8 Å². The van der Waals surface area contributed by atoms with Crippen molar-refractivity contribution >= 4 is 5.57 Å². The molecule has 0 amide bonds. The van der Waals surface area contributed by atoms with E-state index in [0.717, 1.165) is 0 Å². The van der Waals surface area contributed by atoms with E-state index in [1.165, 1.54) is 16.7 Å². The van der Waals surface area contributed by atoms with Gasteiger partial charge in [0.05, 0.1) is 0 Å². The smallest absolute Gasteiger partial charge is 0.0110 e. The summed E-state index contributed by atoms with van der Waals surface area (Å²) >= 11 is 0. The van der Waals surface area contributed by atoms with Crippen LogP contribution >= 0.6 is 0 Å². The van der Waals surface area contributed by atoms with Crippen LogP contribution in [0.2, 0.25) is 0 Å². The van der Waals surface area contributed by atoms with Gasteiger partial charge in [0.1, 0.15) is 0 Å². The van der Waals surface area contributed by atoms with Crippen LogP contribution in [0.25, 0.3) is 5.57 Å². The maximum Gasteiger partial charge on any atom is 0.0110 e. The largest absolute Gasteiger partial charge is 0.0832 e. The summed E-state index contributed by atoms with van der Waals surface area (Å²) in [4.78, 5) is 0. The van der Waals surface area contributed by atoms with Gasteiger partial charge in [0, 0.05) is 5.92 Å². The van der Waals surface area contributed by atoms with Crippen LogP contribution in [-0.4, -0.2) is 0 Å². The SMILES string of the molecule is CC=C(c1cccc(C)c1)C1C=CC=CC1(C)C. The third-order valence-corrected chi connectivity index (χ3v) is 3.74. The number of rotatable bonds is 2. The zero-order valence-electron chi connectivity index (χ0n) is 11.8. The second kappa shape index (κ2) is 4.97. The van der Waals surface area contributed by atoms with Crippen LogP contribution in [0, 0.1) is 18.3 Å². The van der Waals surface area contributed by atoms with Crippen molar-refractivity contribution in [2.45, 2.75) is 27.7 Å². The van der Waals surface area contributed by atoms with E-state index in [1.54, 1.807) is 0 Å². The Morgan fingerprint density at radius 3 is 2.61 bits per heavy atom. The lowest BCUT2D eigenvalue weighted by molar-refractivity contribution is 0.407. The summed E-state index contributed by atoms with van der Waals surface area (Å²) in [7, 11) is 0. The summed E-state index contributed by atoms with van der Waals surface area (Å²) in [6.07, 6.45) is 11.2. The Hall–Kier alpha value is -1.56. The minimum absolute atomic E-state index is 0.181. The second-order valence-corrected chi connectivity index (χ2v) is 5.66. The molecule has 1 unspecified atom stereocenters. The Morgan fingerprint density at radius 1 is 1.22 bits per heavy atom. The molecule has 94 valence electrons. The molecule has 0 heteroatoms. The summed E-state index contributed by atoms with van der Waals surface area (Å²) in [5.74, 6) is 0.453. The molecule has 1 atom stereocenters. The quantitative estimate of drug-likeness (QED) is 0.667. The van der Waals surface area contributed by atoms with Crippen LogP contribution < -0.4 is 0 Å². The van der Waals surface area contributed by atoms with Crippen molar-refractivity contribution in [1.29, 1.82) is 0 Å². The van der Waals surface area contributed by atoms with Gasteiger partial charge in [-0.05, 0) is 30.4 Å². The molecular weight excluding hydrogens is 216 g/mol. The van der Waals surface area contributed by atoms with Crippen LogP contribution in [0.5, 0.6) is 0 Å². The molecule has 0 fully saturated rings. The normalized spacial score (nSPS) is 22.2. The van der Waals surface area contributed by atoms with Crippen LogP contribution in [0.4, 0.5) is 0 Å². The first kappa shape index (κ1) is 12.9. The Labute approximate surface area is 111 Å². The molecule has 0 saturated heterocycles. The average Bonchev–Trinajstić information content (AvgIpc) is 2.32. The zero-order valence-corrected chi connectivity index (χ0v) is 11.8. The van der Waals surface area contributed by atoms with Gasteiger partial charge in [-0.15, -0.1) is 0 Å². The van der Waals surface area contributed by atoms with Gasteiger partial charge in [-0.2, -0.15) is 0 Å². The Bertz CT molecular complexity index is 513. The van der Waals surface area contributed by atoms with Crippen LogP contribution in [-0.2, 0) is 0 Å². The third kappa shape index (κ3) is 2.48. The van der Waals surface area contributed by atoms with Crippen LogP contribution in [0.3, 0.4) is 0 Å². The summed E-state index contributed by atoms with van der Waals surface area (Å²) in [6, 6.07) is 8.78. The number of aryl methyl sites for hydroxylation is 1. The molecule has 0 spiro atoms. The molecule has 0 radical (unpaired) electrons. The van der Waals surface area contributed by atoms with Crippen molar-refractivity contribution in [1.82, 2.24) is 0 Å². The maximum absolute atomic E-state index is 2.32. The predicted molar refractivity (Wildman–Crippen MR) is 80.4 cm³/mol. The Balaban J connectivity index is 2.42. The highest BCUT2D eigenvalue weighted by Gasteiger charge is 2.29. The lowest BCUT2D eigenvalue weighted by Gasteiger charge is -2.33. The predicted octanol–water partition coefficient (Wildman–Crippen LogP) is 5.17. The fourth-order valence-corrected chi connectivity index (χ4v) is 2.69. The number of hydrogen-bond donors (Lipinski definition) is 0. The topological polar surface area (TPSA) is 0 Å². The zero-order chi connectivity index (χ0) is 13.2. The van der Waals surface area contributed by atoms with Gasteiger partial charge in [-0.25, -0.2) is 0 Å². The number of hydrogen-bond acceptors (Lipinski definition) is 0. The molecule has 0 heterocycles. The van der Waals surface area contributed by atoms with Gasteiger partial charge < -0.3 is 0 Å². The van der Waals surface area contributed by atoms with Crippen molar-refractivity contribution in [2.24, 2.45) is 11.3 Å². The molecule has 1 aliphatic carbocycles. The van der Waals surface area contributed by atoms with Gasteiger partial charge >= 0.3 is 0 Å². The molecule has 0 bridgehead atoms. The van der Waals surface area contributed by atoms with E-state index in [-0.39, 0.29) is 5.41 Å². The van der Waals surface area contributed by atoms with Gasteiger partial charge in [0.25, 0.3) is 0 Å². The second-order valence-electron chi connectivity index (χ2n) is 5.66. The van der Waals surface area contributed by atoms with E-state index in [1.807, 2.05) is 0 Å². The van der Waals surface area contributed by atoms with Gasteiger partial charge in [-0.3, -0.25) is 0 Å². The molecule has 0 aromatic heterocycles. The number of benzene rings is 1. The standard InChI is InChI=1S/C18H22/c1-5-16(15-10-8-9-14(2)13-15)17-11-6-7-12-18(17,3)4/h5-13,17H,1-4H3. The highest BCUT2D eigenvalue weighted by molar-refractivity contribution is 5.70. The molecule has 1 aromatic carbocycles. The van der Waals surface area contributed by atoms with Gasteiger partial charge in [0.15, 0.2) is 0 Å². The lowest BCUT2D eigenvalue weighted by atomic mass is 9.70. The van der Waals surface area contributed by atoms with E-state index >= 15 is 0 Å². The molecule has 0 nitrogen and oxygen atoms in total. The first-order chi connectivity index (χ1) is 8.54. The van der Waals surface area contributed by atoms with Gasteiger partial charge in [-0.1, -0.05) is 74.1 Å². The fraction of sp³-hybridized carbons (Fsp3) is 0.333. The Kier molecular flexibility index (Phi) is 3.56. The van der Waals surface area contributed by atoms with Crippen molar-refractivity contribution in [3.8, 4) is 0 Å². The highest BCUT2D eigenvalue weighted by Crippen LogP contribution is 2.41. The maximum atomic E-state index is 2.32. The highest BCUT2D eigenvalue weighted by atomic mass is 14.3.